The minimum Gasteiger partial charge on any atom is -0.481 e. The van der Waals surface area contributed by atoms with E-state index in [0.29, 0.717) is 23.7 Å². The topological polar surface area (TPSA) is 95.5 Å². The van der Waals surface area contributed by atoms with Crippen molar-refractivity contribution in [2.45, 2.75) is 34.1 Å². The molecule has 0 aliphatic heterocycles. The van der Waals surface area contributed by atoms with Crippen molar-refractivity contribution in [3.05, 3.63) is 28.8 Å². The lowest BCUT2D eigenvalue weighted by atomic mass is 9.89. The number of carbonyl (C=O) groups is 3. The molecule has 1 rings (SSSR count). The molecule has 1 aromatic carbocycles. The van der Waals surface area contributed by atoms with Gasteiger partial charge in [0.2, 0.25) is 5.91 Å². The second kappa shape index (κ2) is 8.15. The summed E-state index contributed by atoms with van der Waals surface area (Å²) in [6.45, 7) is 7.46. The Hall–Kier alpha value is -2.08. The van der Waals surface area contributed by atoms with Crippen molar-refractivity contribution in [2.75, 3.05) is 11.9 Å². The van der Waals surface area contributed by atoms with Crippen LogP contribution in [0.1, 0.15) is 44.5 Å². The number of hydrogen-bond donors (Lipinski definition) is 3. The third kappa shape index (κ3) is 5.85. The summed E-state index contributed by atoms with van der Waals surface area (Å²) < 4.78 is 0. The van der Waals surface area contributed by atoms with Crippen molar-refractivity contribution in [2.24, 2.45) is 11.3 Å². The van der Waals surface area contributed by atoms with Crippen molar-refractivity contribution in [3.8, 4) is 0 Å². The molecule has 0 radical (unpaired) electrons. The van der Waals surface area contributed by atoms with Gasteiger partial charge in [-0.1, -0.05) is 25.4 Å². The number of anilines is 1. The third-order valence-corrected chi connectivity index (χ3v) is 3.66. The highest BCUT2D eigenvalue weighted by atomic mass is 35.5. The average Bonchev–Trinajstić information content (AvgIpc) is 2.43. The Morgan fingerprint density at radius 3 is 2.38 bits per heavy atom. The molecule has 0 aliphatic rings. The van der Waals surface area contributed by atoms with Crippen LogP contribution in [0.4, 0.5) is 5.69 Å². The number of benzene rings is 1. The van der Waals surface area contributed by atoms with Crippen molar-refractivity contribution < 1.29 is 19.5 Å². The molecule has 0 heterocycles. The van der Waals surface area contributed by atoms with Crippen LogP contribution in [0.3, 0.4) is 0 Å². The molecule has 0 aliphatic carbocycles. The molecule has 0 aromatic heterocycles. The normalized spacial score (nSPS) is 11.2. The van der Waals surface area contributed by atoms with Crippen LogP contribution in [-0.4, -0.2) is 29.4 Å². The first-order valence-corrected chi connectivity index (χ1v) is 8.01. The summed E-state index contributed by atoms with van der Waals surface area (Å²) in [5.74, 6) is -1.44. The monoisotopic (exact) mass is 354 g/mol. The number of aliphatic carboxylic acids is 1. The number of hydrogen-bond acceptors (Lipinski definition) is 3. The summed E-state index contributed by atoms with van der Waals surface area (Å²) in [6, 6.07) is 4.55. The predicted molar refractivity (Wildman–Crippen MR) is 93.3 cm³/mol. The van der Waals surface area contributed by atoms with Crippen LogP contribution in [0.5, 0.6) is 0 Å². The van der Waals surface area contributed by atoms with Crippen LogP contribution in [-0.2, 0) is 9.59 Å². The van der Waals surface area contributed by atoms with Gasteiger partial charge in [-0.15, -0.1) is 0 Å². The largest absolute Gasteiger partial charge is 0.481 e. The van der Waals surface area contributed by atoms with Gasteiger partial charge in [0.1, 0.15) is 0 Å². The molecule has 7 heteroatoms. The zero-order valence-electron chi connectivity index (χ0n) is 14.3. The van der Waals surface area contributed by atoms with Crippen LogP contribution < -0.4 is 10.6 Å². The van der Waals surface area contributed by atoms with E-state index in [1.54, 1.807) is 6.07 Å². The first-order chi connectivity index (χ1) is 11.0. The standard InChI is InChI=1S/C17H23ClN2O4/c1-10(2)9-19-15(22)12-6-5-11(7-13(12)18)20-14(21)8-17(3,4)16(23)24/h5-7,10H,8-9H2,1-4H3,(H,19,22)(H,20,21)(H,23,24). The minimum absolute atomic E-state index is 0.170. The van der Waals surface area contributed by atoms with Crippen LogP contribution in [0.25, 0.3) is 0 Å². The Bertz CT molecular complexity index is 641. The van der Waals surface area contributed by atoms with E-state index < -0.39 is 17.3 Å². The van der Waals surface area contributed by atoms with E-state index in [0.717, 1.165) is 0 Å². The van der Waals surface area contributed by atoms with Crippen LogP contribution >= 0.6 is 11.6 Å². The minimum atomic E-state index is -1.16. The smallest absolute Gasteiger partial charge is 0.309 e. The molecule has 6 nitrogen and oxygen atoms in total. The van der Waals surface area contributed by atoms with Crippen LogP contribution in [0.2, 0.25) is 5.02 Å². The number of nitrogens with one attached hydrogen (secondary N) is 2. The summed E-state index contributed by atoms with van der Waals surface area (Å²) >= 11 is 6.10. The third-order valence-electron chi connectivity index (χ3n) is 3.35. The number of halogens is 1. The van der Waals surface area contributed by atoms with Crippen LogP contribution in [0.15, 0.2) is 18.2 Å². The Morgan fingerprint density at radius 1 is 1.25 bits per heavy atom. The van der Waals surface area contributed by atoms with E-state index in [2.05, 4.69) is 10.6 Å². The molecule has 132 valence electrons. The van der Waals surface area contributed by atoms with E-state index in [9.17, 15) is 14.4 Å². The molecule has 24 heavy (non-hydrogen) atoms. The van der Waals surface area contributed by atoms with Crippen molar-refractivity contribution >= 4 is 35.1 Å². The number of carbonyl (C=O) groups excluding carboxylic acids is 2. The van der Waals surface area contributed by atoms with Gasteiger partial charge in [-0.25, -0.2) is 0 Å². The molecule has 0 saturated heterocycles. The first-order valence-electron chi connectivity index (χ1n) is 7.64. The van der Waals surface area contributed by atoms with Gasteiger partial charge in [-0.2, -0.15) is 0 Å². The van der Waals surface area contributed by atoms with Gasteiger partial charge >= 0.3 is 5.97 Å². The van der Waals surface area contributed by atoms with Crippen LogP contribution in [0, 0.1) is 11.3 Å². The second-order valence-electron chi connectivity index (χ2n) is 6.71. The van der Waals surface area contributed by atoms with E-state index >= 15 is 0 Å². The number of amides is 2. The molecule has 2 amide bonds. The summed E-state index contributed by atoms with van der Waals surface area (Å²) in [5, 5.41) is 14.6. The van der Waals surface area contributed by atoms with Gasteiger partial charge in [-0.3, -0.25) is 14.4 Å². The maximum atomic E-state index is 12.0. The highest BCUT2D eigenvalue weighted by Crippen LogP contribution is 2.24. The average molecular weight is 355 g/mol. The van der Waals surface area contributed by atoms with Crippen molar-refractivity contribution in [3.63, 3.8) is 0 Å². The number of rotatable bonds is 7. The molecule has 0 fully saturated rings. The Balaban J connectivity index is 2.76. The molecule has 0 bridgehead atoms. The molecule has 3 N–H and O–H groups in total. The zero-order valence-corrected chi connectivity index (χ0v) is 15.0. The fourth-order valence-electron chi connectivity index (χ4n) is 1.85. The summed E-state index contributed by atoms with van der Waals surface area (Å²) in [7, 11) is 0. The molecular weight excluding hydrogens is 332 g/mol. The van der Waals surface area contributed by atoms with E-state index in [4.69, 9.17) is 16.7 Å². The Morgan fingerprint density at radius 2 is 1.88 bits per heavy atom. The second-order valence-corrected chi connectivity index (χ2v) is 7.12. The quantitative estimate of drug-likeness (QED) is 0.700. The molecule has 0 atom stereocenters. The maximum Gasteiger partial charge on any atom is 0.309 e. The van der Waals surface area contributed by atoms with Gasteiger partial charge in [0.05, 0.1) is 16.0 Å². The van der Waals surface area contributed by atoms with Crippen molar-refractivity contribution in [1.82, 2.24) is 5.32 Å². The molecule has 0 unspecified atom stereocenters. The fraction of sp³-hybridized carbons (Fsp3) is 0.471. The molecule has 0 saturated carbocycles. The maximum absolute atomic E-state index is 12.0. The van der Waals surface area contributed by atoms with Gasteiger partial charge in [0.25, 0.3) is 5.91 Å². The number of carboxylic acids is 1. The van der Waals surface area contributed by atoms with E-state index in [1.165, 1.54) is 26.0 Å². The fourth-order valence-corrected chi connectivity index (χ4v) is 2.12. The highest BCUT2D eigenvalue weighted by Gasteiger charge is 2.30. The SMILES string of the molecule is CC(C)CNC(=O)c1ccc(NC(=O)CC(C)(C)C(=O)O)cc1Cl. The Kier molecular flexibility index (Phi) is 6.78. The van der Waals surface area contributed by atoms with Gasteiger partial charge in [0, 0.05) is 18.7 Å². The highest BCUT2D eigenvalue weighted by molar-refractivity contribution is 6.34. The van der Waals surface area contributed by atoms with Gasteiger partial charge in [0.15, 0.2) is 0 Å². The molecule has 0 spiro atoms. The first kappa shape index (κ1) is 20.0. The Labute approximate surface area is 146 Å². The lowest BCUT2D eigenvalue weighted by molar-refractivity contribution is -0.148. The lowest BCUT2D eigenvalue weighted by Crippen LogP contribution is -2.29. The lowest BCUT2D eigenvalue weighted by Gasteiger charge is -2.18. The number of carboxylic acid groups (broad SMARTS) is 1. The zero-order chi connectivity index (χ0) is 18.5. The van der Waals surface area contributed by atoms with E-state index in [-0.39, 0.29) is 17.4 Å². The summed E-state index contributed by atoms with van der Waals surface area (Å²) in [4.78, 5) is 35.0. The molecular formula is C17H23ClN2O4. The summed E-state index contributed by atoms with van der Waals surface area (Å²) in [5.41, 5.74) is -0.433. The van der Waals surface area contributed by atoms with Crippen molar-refractivity contribution in [1.29, 1.82) is 0 Å². The summed E-state index contributed by atoms with van der Waals surface area (Å²) in [6.07, 6.45) is -0.170. The van der Waals surface area contributed by atoms with Gasteiger partial charge < -0.3 is 15.7 Å². The van der Waals surface area contributed by atoms with E-state index in [1.807, 2.05) is 13.8 Å². The molecule has 1 aromatic rings. The van der Waals surface area contributed by atoms with Gasteiger partial charge in [-0.05, 0) is 38.0 Å². The predicted octanol–water partition coefficient (Wildman–Crippen LogP) is 3.17.